The monoisotopic (exact) mass is 247 g/mol. The third-order valence-electron chi connectivity index (χ3n) is 2.76. The van der Waals surface area contributed by atoms with Crippen molar-refractivity contribution in [2.24, 2.45) is 0 Å². The molecular weight excluding hydrogens is 230 g/mol. The summed E-state index contributed by atoms with van der Waals surface area (Å²) < 4.78 is 0. The second-order valence-corrected chi connectivity index (χ2v) is 5.73. The number of carbonyl (C=O) groups is 2. The lowest BCUT2D eigenvalue weighted by molar-refractivity contribution is -0.136. The highest BCUT2D eigenvalue weighted by Gasteiger charge is 2.41. The first-order valence-corrected chi connectivity index (χ1v) is 6.00. The molecule has 1 saturated heterocycles. The zero-order chi connectivity index (χ0) is 12.3. The molecule has 0 saturated carbocycles. The van der Waals surface area contributed by atoms with Crippen LogP contribution >= 0.6 is 11.8 Å². The SMILES string of the molecule is CC(=O)SC1CC(=O)N(C(C)(CO)CO)C1. The molecule has 0 bridgehead atoms. The second kappa shape index (κ2) is 5.16. The van der Waals surface area contributed by atoms with Crippen molar-refractivity contribution in [3.8, 4) is 0 Å². The van der Waals surface area contributed by atoms with E-state index < -0.39 is 5.54 Å². The maximum atomic E-state index is 11.7. The summed E-state index contributed by atoms with van der Waals surface area (Å²) in [6.07, 6.45) is 0.292. The summed E-state index contributed by atoms with van der Waals surface area (Å²) in [5.41, 5.74) is -0.927. The van der Waals surface area contributed by atoms with Gasteiger partial charge in [-0.25, -0.2) is 0 Å². The molecule has 0 spiro atoms. The zero-order valence-electron chi connectivity index (χ0n) is 9.47. The van der Waals surface area contributed by atoms with Crippen LogP contribution in [0.2, 0.25) is 0 Å². The van der Waals surface area contributed by atoms with Gasteiger partial charge < -0.3 is 15.1 Å². The highest BCUT2D eigenvalue weighted by atomic mass is 32.2. The van der Waals surface area contributed by atoms with Gasteiger partial charge in [0.15, 0.2) is 5.12 Å². The molecule has 1 fully saturated rings. The lowest BCUT2D eigenvalue weighted by Crippen LogP contribution is -2.53. The number of rotatable bonds is 4. The molecule has 1 unspecified atom stereocenters. The summed E-state index contributed by atoms with van der Waals surface area (Å²) >= 11 is 1.14. The Morgan fingerprint density at radius 3 is 2.56 bits per heavy atom. The average Bonchev–Trinajstić information content (AvgIpc) is 2.58. The van der Waals surface area contributed by atoms with Crippen molar-refractivity contribution in [2.45, 2.75) is 31.1 Å². The van der Waals surface area contributed by atoms with Crippen LogP contribution in [-0.4, -0.2) is 56.7 Å². The first-order chi connectivity index (χ1) is 7.42. The van der Waals surface area contributed by atoms with Crippen molar-refractivity contribution in [3.05, 3.63) is 0 Å². The Labute approximate surface area is 98.8 Å². The Morgan fingerprint density at radius 2 is 2.12 bits per heavy atom. The number of thioether (sulfide) groups is 1. The fourth-order valence-electron chi connectivity index (χ4n) is 1.73. The fraction of sp³-hybridized carbons (Fsp3) is 0.800. The third kappa shape index (κ3) is 2.75. The van der Waals surface area contributed by atoms with Gasteiger partial charge in [0.05, 0.1) is 18.8 Å². The largest absolute Gasteiger partial charge is 0.394 e. The summed E-state index contributed by atoms with van der Waals surface area (Å²) in [6.45, 7) is 2.93. The summed E-state index contributed by atoms with van der Waals surface area (Å²) in [4.78, 5) is 24.1. The molecule has 0 aliphatic carbocycles. The van der Waals surface area contributed by atoms with Gasteiger partial charge in [-0.05, 0) is 6.92 Å². The van der Waals surface area contributed by atoms with Crippen LogP contribution in [0.1, 0.15) is 20.3 Å². The number of amides is 1. The smallest absolute Gasteiger partial charge is 0.224 e. The van der Waals surface area contributed by atoms with Gasteiger partial charge in [0.25, 0.3) is 0 Å². The number of hydrogen-bond donors (Lipinski definition) is 2. The van der Waals surface area contributed by atoms with Crippen molar-refractivity contribution < 1.29 is 19.8 Å². The minimum absolute atomic E-state index is 0.0191. The Morgan fingerprint density at radius 1 is 1.56 bits per heavy atom. The molecule has 1 aliphatic heterocycles. The van der Waals surface area contributed by atoms with Gasteiger partial charge in [-0.1, -0.05) is 11.8 Å². The molecule has 1 atom stereocenters. The lowest BCUT2D eigenvalue weighted by atomic mass is 10.0. The maximum Gasteiger partial charge on any atom is 0.224 e. The van der Waals surface area contributed by atoms with E-state index in [4.69, 9.17) is 0 Å². The molecule has 5 nitrogen and oxygen atoms in total. The Bertz CT molecular complexity index is 291. The van der Waals surface area contributed by atoms with Gasteiger partial charge in [0.2, 0.25) is 5.91 Å². The van der Waals surface area contributed by atoms with E-state index in [1.54, 1.807) is 6.92 Å². The normalized spacial score (nSPS) is 21.6. The molecule has 92 valence electrons. The van der Waals surface area contributed by atoms with Crippen molar-refractivity contribution >= 4 is 22.8 Å². The molecule has 0 aromatic carbocycles. The molecule has 2 N–H and O–H groups in total. The van der Waals surface area contributed by atoms with Crippen LogP contribution in [0.4, 0.5) is 0 Å². The zero-order valence-corrected chi connectivity index (χ0v) is 10.3. The Kier molecular flexibility index (Phi) is 4.35. The molecule has 1 rings (SSSR count). The maximum absolute atomic E-state index is 11.7. The Hall–Kier alpha value is -0.590. The van der Waals surface area contributed by atoms with E-state index in [1.807, 2.05) is 0 Å². The van der Waals surface area contributed by atoms with Crippen LogP contribution in [-0.2, 0) is 9.59 Å². The van der Waals surface area contributed by atoms with Gasteiger partial charge >= 0.3 is 0 Å². The summed E-state index contributed by atoms with van der Waals surface area (Å²) in [7, 11) is 0. The molecule has 0 radical (unpaired) electrons. The summed E-state index contributed by atoms with van der Waals surface area (Å²) in [5, 5.41) is 18.3. The molecule has 1 aliphatic rings. The highest BCUT2D eigenvalue weighted by Crippen LogP contribution is 2.29. The standard InChI is InChI=1S/C10H17NO4S/c1-7(14)16-8-3-9(15)11(4-8)10(2,5-12)6-13/h8,12-13H,3-6H2,1-2H3. The predicted octanol–water partition coefficient (Wildman–Crippen LogP) is -0.390. The number of likely N-dealkylation sites (tertiary alicyclic amines) is 1. The van der Waals surface area contributed by atoms with Crippen LogP contribution in [0.25, 0.3) is 0 Å². The van der Waals surface area contributed by atoms with Crippen LogP contribution in [0.15, 0.2) is 0 Å². The summed E-state index contributed by atoms with van der Waals surface area (Å²) in [6, 6.07) is 0. The Balaban J connectivity index is 2.70. The highest BCUT2D eigenvalue weighted by molar-refractivity contribution is 8.14. The van der Waals surface area contributed by atoms with E-state index in [2.05, 4.69) is 0 Å². The van der Waals surface area contributed by atoms with E-state index >= 15 is 0 Å². The van der Waals surface area contributed by atoms with E-state index in [0.717, 1.165) is 11.8 Å². The van der Waals surface area contributed by atoms with Crippen molar-refractivity contribution in [3.63, 3.8) is 0 Å². The second-order valence-electron chi connectivity index (χ2n) is 4.25. The molecule has 0 aromatic heterocycles. The first kappa shape index (κ1) is 13.5. The minimum Gasteiger partial charge on any atom is -0.394 e. The van der Waals surface area contributed by atoms with Crippen LogP contribution in [0.3, 0.4) is 0 Å². The number of aliphatic hydroxyl groups is 2. The van der Waals surface area contributed by atoms with Crippen LogP contribution in [0, 0.1) is 0 Å². The van der Waals surface area contributed by atoms with Gasteiger partial charge in [0.1, 0.15) is 0 Å². The number of nitrogens with zero attached hydrogens (tertiary/aromatic N) is 1. The number of hydrogen-bond acceptors (Lipinski definition) is 5. The topological polar surface area (TPSA) is 77.8 Å². The van der Waals surface area contributed by atoms with Gasteiger partial charge in [0, 0.05) is 25.1 Å². The quantitative estimate of drug-likeness (QED) is 0.707. The first-order valence-electron chi connectivity index (χ1n) is 5.12. The summed E-state index contributed by atoms with van der Waals surface area (Å²) in [5.74, 6) is -0.121. The number of carbonyl (C=O) groups excluding carboxylic acids is 2. The van der Waals surface area contributed by atoms with E-state index in [9.17, 15) is 19.8 Å². The molecule has 16 heavy (non-hydrogen) atoms. The predicted molar refractivity (Wildman–Crippen MR) is 61.0 cm³/mol. The molecular formula is C10H17NO4S. The molecule has 0 aromatic rings. The van der Waals surface area contributed by atoms with Crippen molar-refractivity contribution in [1.29, 1.82) is 0 Å². The van der Waals surface area contributed by atoms with Crippen molar-refractivity contribution in [2.75, 3.05) is 19.8 Å². The molecule has 1 amide bonds. The third-order valence-corrected chi connectivity index (χ3v) is 3.74. The van der Waals surface area contributed by atoms with Gasteiger partial charge in [-0.15, -0.1) is 0 Å². The van der Waals surface area contributed by atoms with E-state index in [1.165, 1.54) is 11.8 Å². The lowest BCUT2D eigenvalue weighted by Gasteiger charge is -2.35. The van der Waals surface area contributed by atoms with Crippen LogP contribution < -0.4 is 0 Å². The fourth-order valence-corrected chi connectivity index (χ4v) is 2.65. The minimum atomic E-state index is -0.927. The van der Waals surface area contributed by atoms with E-state index in [0.29, 0.717) is 13.0 Å². The van der Waals surface area contributed by atoms with Gasteiger partial charge in [-0.2, -0.15) is 0 Å². The molecule has 6 heteroatoms. The molecule has 1 heterocycles. The van der Waals surface area contributed by atoms with Gasteiger partial charge in [-0.3, -0.25) is 9.59 Å². The average molecular weight is 247 g/mol. The van der Waals surface area contributed by atoms with Crippen LogP contribution in [0.5, 0.6) is 0 Å². The van der Waals surface area contributed by atoms with Crippen molar-refractivity contribution in [1.82, 2.24) is 4.90 Å². The van der Waals surface area contributed by atoms with E-state index in [-0.39, 0.29) is 29.5 Å². The number of aliphatic hydroxyl groups excluding tert-OH is 2.